The number of carboxylic acids is 1. The normalized spacial score (nSPS) is 11.2. The number of sulfone groups is 1. The monoisotopic (exact) mass is 289 g/mol. The molecular weight excluding hydrogens is 274 g/mol. The maximum Gasteiger partial charge on any atom is 0.338 e. The first kappa shape index (κ1) is 14.8. The molecule has 18 heavy (non-hydrogen) atoms. The van der Waals surface area contributed by atoms with Gasteiger partial charge in [0.25, 0.3) is 0 Å². The standard InChI is InChI=1S/C11H15NO4S2/c1-17-9-5-3-4-8(10(9)11(13)14)12-6-7-18(2,15)16/h3-5,12H,6-7H2,1-2H3,(H,13,14). The van der Waals surface area contributed by atoms with Crippen molar-refractivity contribution >= 4 is 33.3 Å². The van der Waals surface area contributed by atoms with E-state index in [0.29, 0.717) is 10.6 Å². The number of nitrogens with one attached hydrogen (secondary N) is 1. The second-order valence-electron chi connectivity index (χ2n) is 3.74. The fraction of sp³-hybridized carbons (Fsp3) is 0.364. The number of hydrogen-bond acceptors (Lipinski definition) is 5. The maximum absolute atomic E-state index is 11.2. The van der Waals surface area contributed by atoms with Crippen LogP contribution in [0.5, 0.6) is 0 Å². The molecule has 1 rings (SSSR count). The zero-order valence-electron chi connectivity index (χ0n) is 10.1. The van der Waals surface area contributed by atoms with Crippen molar-refractivity contribution in [3.8, 4) is 0 Å². The Morgan fingerprint density at radius 2 is 2.11 bits per heavy atom. The molecule has 0 radical (unpaired) electrons. The summed E-state index contributed by atoms with van der Waals surface area (Å²) in [5.74, 6) is -1.06. The molecule has 0 saturated heterocycles. The molecule has 0 bridgehead atoms. The van der Waals surface area contributed by atoms with Crippen LogP contribution in [0.3, 0.4) is 0 Å². The van der Waals surface area contributed by atoms with Gasteiger partial charge in [0.2, 0.25) is 0 Å². The SMILES string of the molecule is CSc1cccc(NCCS(C)(=O)=O)c1C(=O)O. The molecule has 0 heterocycles. The van der Waals surface area contributed by atoms with Crippen molar-refractivity contribution in [2.45, 2.75) is 4.90 Å². The number of carbonyl (C=O) groups is 1. The summed E-state index contributed by atoms with van der Waals surface area (Å²) in [6.07, 6.45) is 2.94. The molecule has 5 nitrogen and oxygen atoms in total. The summed E-state index contributed by atoms with van der Waals surface area (Å²) in [6, 6.07) is 5.09. The highest BCUT2D eigenvalue weighted by Gasteiger charge is 2.15. The number of hydrogen-bond donors (Lipinski definition) is 2. The van der Waals surface area contributed by atoms with Crippen molar-refractivity contribution in [1.29, 1.82) is 0 Å². The predicted molar refractivity (Wildman–Crippen MR) is 73.4 cm³/mol. The van der Waals surface area contributed by atoms with Gasteiger partial charge < -0.3 is 10.4 Å². The van der Waals surface area contributed by atoms with Crippen LogP contribution in [-0.2, 0) is 9.84 Å². The van der Waals surface area contributed by atoms with Crippen molar-refractivity contribution in [2.75, 3.05) is 30.1 Å². The average molecular weight is 289 g/mol. The Morgan fingerprint density at radius 1 is 1.44 bits per heavy atom. The van der Waals surface area contributed by atoms with Gasteiger partial charge in [-0.25, -0.2) is 13.2 Å². The zero-order valence-corrected chi connectivity index (χ0v) is 11.8. The van der Waals surface area contributed by atoms with Crippen molar-refractivity contribution in [3.63, 3.8) is 0 Å². The van der Waals surface area contributed by atoms with Crippen molar-refractivity contribution < 1.29 is 18.3 Å². The molecule has 0 unspecified atom stereocenters. The molecule has 0 spiro atoms. The summed E-state index contributed by atoms with van der Waals surface area (Å²) in [6.45, 7) is 0.191. The lowest BCUT2D eigenvalue weighted by Crippen LogP contribution is -2.16. The molecule has 0 aliphatic heterocycles. The highest BCUT2D eigenvalue weighted by Crippen LogP contribution is 2.26. The van der Waals surface area contributed by atoms with Gasteiger partial charge in [-0.1, -0.05) is 6.07 Å². The van der Waals surface area contributed by atoms with E-state index < -0.39 is 15.8 Å². The van der Waals surface area contributed by atoms with Gasteiger partial charge in [0.1, 0.15) is 9.84 Å². The summed E-state index contributed by atoms with van der Waals surface area (Å²) in [5.41, 5.74) is 0.622. The van der Waals surface area contributed by atoms with E-state index in [1.54, 1.807) is 24.5 Å². The van der Waals surface area contributed by atoms with E-state index in [2.05, 4.69) is 5.32 Å². The van der Waals surface area contributed by atoms with E-state index in [4.69, 9.17) is 5.11 Å². The van der Waals surface area contributed by atoms with Crippen LogP contribution in [0.25, 0.3) is 0 Å². The van der Waals surface area contributed by atoms with Crippen molar-refractivity contribution in [2.24, 2.45) is 0 Å². The summed E-state index contributed by atoms with van der Waals surface area (Å²) < 4.78 is 22.0. The molecule has 7 heteroatoms. The first-order valence-corrected chi connectivity index (χ1v) is 8.45. The predicted octanol–water partition coefficient (Wildman–Crippen LogP) is 1.56. The zero-order chi connectivity index (χ0) is 13.8. The van der Waals surface area contributed by atoms with Crippen LogP contribution in [0.15, 0.2) is 23.1 Å². The number of aromatic carboxylic acids is 1. The van der Waals surface area contributed by atoms with Crippen LogP contribution in [-0.4, -0.2) is 44.3 Å². The van der Waals surface area contributed by atoms with Gasteiger partial charge in [-0.15, -0.1) is 11.8 Å². The van der Waals surface area contributed by atoms with E-state index in [1.165, 1.54) is 11.8 Å². The minimum Gasteiger partial charge on any atom is -0.478 e. The van der Waals surface area contributed by atoms with Crippen molar-refractivity contribution in [3.05, 3.63) is 23.8 Å². The molecule has 0 aliphatic carbocycles. The van der Waals surface area contributed by atoms with Crippen LogP contribution in [0.1, 0.15) is 10.4 Å². The van der Waals surface area contributed by atoms with Crippen LogP contribution in [0.2, 0.25) is 0 Å². The van der Waals surface area contributed by atoms with E-state index in [1.807, 2.05) is 0 Å². The quantitative estimate of drug-likeness (QED) is 0.773. The summed E-state index contributed by atoms with van der Waals surface area (Å²) in [4.78, 5) is 11.8. The second kappa shape index (κ2) is 6.10. The fourth-order valence-electron chi connectivity index (χ4n) is 1.44. The number of anilines is 1. The first-order valence-electron chi connectivity index (χ1n) is 5.17. The van der Waals surface area contributed by atoms with Gasteiger partial charge in [-0.05, 0) is 18.4 Å². The molecule has 100 valence electrons. The second-order valence-corrected chi connectivity index (χ2v) is 6.85. The van der Waals surface area contributed by atoms with E-state index in [9.17, 15) is 13.2 Å². The van der Waals surface area contributed by atoms with Crippen LogP contribution < -0.4 is 5.32 Å². The molecule has 0 amide bonds. The largest absolute Gasteiger partial charge is 0.478 e. The topological polar surface area (TPSA) is 83.5 Å². The minimum absolute atomic E-state index is 0.0322. The summed E-state index contributed by atoms with van der Waals surface area (Å²) in [7, 11) is -3.06. The molecule has 0 atom stereocenters. The molecule has 1 aromatic rings. The fourth-order valence-corrected chi connectivity index (χ4v) is 2.53. The third-order valence-electron chi connectivity index (χ3n) is 2.25. The Hall–Kier alpha value is -1.21. The summed E-state index contributed by atoms with van der Waals surface area (Å²) in [5, 5.41) is 12.0. The van der Waals surface area contributed by atoms with Crippen LogP contribution in [0, 0.1) is 0 Å². The highest BCUT2D eigenvalue weighted by atomic mass is 32.2. The minimum atomic E-state index is -3.06. The Morgan fingerprint density at radius 3 is 2.61 bits per heavy atom. The molecule has 0 saturated carbocycles. The Balaban J connectivity index is 2.92. The smallest absolute Gasteiger partial charge is 0.338 e. The summed E-state index contributed by atoms with van der Waals surface area (Å²) >= 11 is 1.34. The lowest BCUT2D eigenvalue weighted by atomic mass is 10.2. The number of rotatable bonds is 6. The van der Waals surface area contributed by atoms with Gasteiger partial charge in [-0.2, -0.15) is 0 Å². The van der Waals surface area contributed by atoms with E-state index >= 15 is 0 Å². The third-order valence-corrected chi connectivity index (χ3v) is 3.97. The maximum atomic E-state index is 11.2. The molecule has 2 N–H and O–H groups in total. The number of carboxylic acid groups (broad SMARTS) is 1. The first-order chi connectivity index (χ1) is 8.35. The average Bonchev–Trinajstić information content (AvgIpc) is 2.26. The molecule has 0 aromatic heterocycles. The Bertz CT molecular complexity index is 540. The molecule has 1 aromatic carbocycles. The van der Waals surface area contributed by atoms with Crippen molar-refractivity contribution in [1.82, 2.24) is 0 Å². The van der Waals surface area contributed by atoms with Gasteiger partial charge in [-0.3, -0.25) is 0 Å². The molecule has 0 aliphatic rings. The Labute approximate surface area is 111 Å². The number of thioether (sulfide) groups is 1. The van der Waals surface area contributed by atoms with Gasteiger partial charge in [0, 0.05) is 23.4 Å². The molecular formula is C11H15NO4S2. The van der Waals surface area contributed by atoms with Gasteiger partial charge in [0.05, 0.1) is 11.3 Å². The number of benzene rings is 1. The third kappa shape index (κ3) is 4.23. The lowest BCUT2D eigenvalue weighted by Gasteiger charge is -2.11. The van der Waals surface area contributed by atoms with Crippen LogP contribution >= 0.6 is 11.8 Å². The van der Waals surface area contributed by atoms with Gasteiger partial charge in [0.15, 0.2) is 0 Å². The molecule has 0 fully saturated rings. The van der Waals surface area contributed by atoms with E-state index in [0.717, 1.165) is 6.26 Å². The lowest BCUT2D eigenvalue weighted by molar-refractivity contribution is 0.0694. The van der Waals surface area contributed by atoms with Gasteiger partial charge >= 0.3 is 5.97 Å². The Kier molecular flexibility index (Phi) is 5.03. The highest BCUT2D eigenvalue weighted by molar-refractivity contribution is 7.98. The van der Waals surface area contributed by atoms with E-state index in [-0.39, 0.29) is 17.9 Å². The van der Waals surface area contributed by atoms with Crippen LogP contribution in [0.4, 0.5) is 5.69 Å².